The molecule has 0 saturated carbocycles. The molecule has 4 N–H and O–H groups in total. The number of hydrogen-bond acceptors (Lipinski definition) is 8. The first kappa shape index (κ1) is 28.9. The van der Waals surface area contributed by atoms with Crippen molar-refractivity contribution < 1.29 is 18.5 Å². The van der Waals surface area contributed by atoms with E-state index in [1.165, 1.54) is 38.5 Å². The van der Waals surface area contributed by atoms with Crippen LogP contribution in [0.4, 0.5) is 0 Å². The average molecular weight is 438 g/mol. The summed E-state index contributed by atoms with van der Waals surface area (Å²) >= 11 is 0. The largest absolute Gasteiger partial charge is 0.756 e. The Morgan fingerprint density at radius 3 is 1.45 bits per heavy atom. The van der Waals surface area contributed by atoms with E-state index in [-0.39, 0.29) is 6.61 Å². The lowest BCUT2D eigenvalue weighted by Crippen LogP contribution is -2.25. The number of unbranched alkanes of at least 4 members (excludes halogenated alkanes) is 4. The Morgan fingerprint density at radius 1 is 0.655 bits per heavy atom. The topological polar surface area (TPSA) is 107 Å². The number of phosphoric acid groups is 1. The van der Waals surface area contributed by atoms with Gasteiger partial charge in [-0.3, -0.25) is 4.57 Å². The lowest BCUT2D eigenvalue weighted by atomic mass is 10.2. The van der Waals surface area contributed by atoms with Crippen molar-refractivity contribution in [3.8, 4) is 0 Å². The fourth-order valence-electron chi connectivity index (χ4n) is 2.76. The molecule has 0 fully saturated rings. The Kier molecular flexibility index (Phi) is 22.6. The van der Waals surface area contributed by atoms with Crippen LogP contribution in [-0.4, -0.2) is 66.1 Å². The third kappa shape index (κ3) is 24.1. The monoisotopic (exact) mass is 437 g/mol. The molecule has 0 aromatic carbocycles. The second-order valence-electron chi connectivity index (χ2n) is 7.29. The number of phosphoric ester groups is 1. The maximum Gasteiger partial charge on any atom is 0.267 e. The van der Waals surface area contributed by atoms with E-state index >= 15 is 0 Å². The summed E-state index contributed by atoms with van der Waals surface area (Å²) < 4.78 is 19.8. The molecule has 29 heavy (non-hydrogen) atoms. The molecule has 9 heteroatoms. The summed E-state index contributed by atoms with van der Waals surface area (Å²) in [6, 6.07) is 0. The van der Waals surface area contributed by atoms with Gasteiger partial charge in [-0.15, -0.1) is 0 Å². The molecular formula is C20H46N4O4P-. The van der Waals surface area contributed by atoms with Crippen molar-refractivity contribution in [1.29, 1.82) is 0 Å². The van der Waals surface area contributed by atoms with E-state index in [1.807, 2.05) is 0 Å². The van der Waals surface area contributed by atoms with Crippen molar-refractivity contribution in [2.24, 2.45) is 0 Å². The Labute approximate surface area is 178 Å². The molecule has 0 aliphatic heterocycles. The molecule has 0 bridgehead atoms. The van der Waals surface area contributed by atoms with E-state index in [9.17, 15) is 9.46 Å². The standard InChI is InChI=1S/C20H47N4O4P/c1-3-4-5-12-21-16-10-17-22-13-6-7-14-23-18-11-19-24-15-8-9-20-28-29(25,26)27-2/h21-24H,3-20H2,1-2H3,(H,25,26)/p-1. The van der Waals surface area contributed by atoms with E-state index in [0.717, 1.165) is 72.3 Å². The molecule has 0 heterocycles. The van der Waals surface area contributed by atoms with Crippen LogP contribution in [0.15, 0.2) is 0 Å². The predicted molar refractivity (Wildman–Crippen MR) is 119 cm³/mol. The molecule has 176 valence electrons. The van der Waals surface area contributed by atoms with Crippen LogP contribution in [0.2, 0.25) is 0 Å². The second kappa shape index (κ2) is 22.6. The highest BCUT2D eigenvalue weighted by atomic mass is 31.2. The Hall–Kier alpha value is -0.0500. The fraction of sp³-hybridized carbons (Fsp3) is 1.00. The van der Waals surface area contributed by atoms with Gasteiger partial charge in [0.1, 0.15) is 0 Å². The highest BCUT2D eigenvalue weighted by molar-refractivity contribution is 7.45. The fourth-order valence-corrected chi connectivity index (χ4v) is 3.22. The molecule has 0 aliphatic carbocycles. The van der Waals surface area contributed by atoms with E-state index in [1.54, 1.807) is 0 Å². The maximum absolute atomic E-state index is 11.0. The van der Waals surface area contributed by atoms with Gasteiger partial charge in [-0.05, 0) is 97.3 Å². The van der Waals surface area contributed by atoms with Gasteiger partial charge in [-0.25, -0.2) is 0 Å². The molecule has 0 spiro atoms. The molecule has 1 unspecified atom stereocenters. The summed E-state index contributed by atoms with van der Waals surface area (Å²) in [5.41, 5.74) is 0. The second-order valence-corrected chi connectivity index (χ2v) is 8.81. The van der Waals surface area contributed by atoms with Crippen LogP contribution in [-0.2, 0) is 13.6 Å². The normalized spacial score (nSPS) is 13.6. The molecule has 0 radical (unpaired) electrons. The molecule has 0 rings (SSSR count). The Balaban J connectivity index is 3.06. The minimum Gasteiger partial charge on any atom is -0.756 e. The molecular weight excluding hydrogens is 391 g/mol. The van der Waals surface area contributed by atoms with E-state index in [0.29, 0.717) is 6.42 Å². The van der Waals surface area contributed by atoms with Crippen LogP contribution in [0.5, 0.6) is 0 Å². The zero-order valence-corrected chi connectivity index (χ0v) is 19.7. The van der Waals surface area contributed by atoms with Gasteiger partial charge in [0.15, 0.2) is 0 Å². The summed E-state index contributed by atoms with van der Waals surface area (Å²) in [4.78, 5) is 11.0. The van der Waals surface area contributed by atoms with Crippen molar-refractivity contribution in [2.45, 2.75) is 64.7 Å². The van der Waals surface area contributed by atoms with Gasteiger partial charge in [0.25, 0.3) is 7.82 Å². The van der Waals surface area contributed by atoms with Crippen LogP contribution in [0.3, 0.4) is 0 Å². The number of rotatable bonds is 24. The van der Waals surface area contributed by atoms with Gasteiger partial charge < -0.3 is 35.2 Å². The lowest BCUT2D eigenvalue weighted by Gasteiger charge is -2.19. The van der Waals surface area contributed by atoms with Crippen LogP contribution in [0.1, 0.15) is 64.7 Å². The maximum atomic E-state index is 11.0. The summed E-state index contributed by atoms with van der Waals surface area (Å²) in [5.74, 6) is 0. The quantitative estimate of drug-likeness (QED) is 0.134. The van der Waals surface area contributed by atoms with Crippen molar-refractivity contribution in [3.63, 3.8) is 0 Å². The first-order chi connectivity index (χ1) is 14.1. The molecule has 1 atom stereocenters. The van der Waals surface area contributed by atoms with E-state index in [2.05, 4.69) is 37.2 Å². The number of nitrogens with one attached hydrogen (secondary N) is 4. The summed E-state index contributed by atoms with van der Waals surface area (Å²) in [6.07, 6.45) is 10.2. The van der Waals surface area contributed by atoms with Gasteiger partial charge in [0, 0.05) is 7.11 Å². The third-order valence-electron chi connectivity index (χ3n) is 4.55. The Bertz CT molecular complexity index is 378. The average Bonchev–Trinajstić information content (AvgIpc) is 2.71. The van der Waals surface area contributed by atoms with Crippen LogP contribution < -0.4 is 26.2 Å². The summed E-state index contributed by atoms with van der Waals surface area (Å²) in [6.45, 7) is 10.9. The zero-order chi connectivity index (χ0) is 21.5. The Morgan fingerprint density at radius 2 is 1.03 bits per heavy atom. The van der Waals surface area contributed by atoms with E-state index < -0.39 is 7.82 Å². The number of hydrogen-bond donors (Lipinski definition) is 4. The van der Waals surface area contributed by atoms with Crippen molar-refractivity contribution in [3.05, 3.63) is 0 Å². The van der Waals surface area contributed by atoms with Gasteiger partial charge in [-0.1, -0.05) is 19.8 Å². The first-order valence-corrected chi connectivity index (χ1v) is 12.9. The zero-order valence-electron chi connectivity index (χ0n) is 18.8. The van der Waals surface area contributed by atoms with Gasteiger partial charge in [-0.2, -0.15) is 0 Å². The summed E-state index contributed by atoms with van der Waals surface area (Å²) in [5, 5.41) is 13.8. The van der Waals surface area contributed by atoms with Crippen molar-refractivity contribution >= 4 is 7.82 Å². The molecule has 8 nitrogen and oxygen atoms in total. The van der Waals surface area contributed by atoms with Crippen molar-refractivity contribution in [1.82, 2.24) is 21.3 Å². The minimum atomic E-state index is -4.05. The van der Waals surface area contributed by atoms with Crippen molar-refractivity contribution in [2.75, 3.05) is 66.1 Å². The van der Waals surface area contributed by atoms with Gasteiger partial charge in [0.05, 0.1) is 6.61 Å². The molecule has 0 amide bonds. The smallest absolute Gasteiger partial charge is 0.267 e. The third-order valence-corrected chi connectivity index (χ3v) is 5.50. The SMILES string of the molecule is CCCCCNCCCNCCCCNCCCNCCCCOP(=O)([O-])OC. The molecule has 0 aliphatic rings. The van der Waals surface area contributed by atoms with Crippen LogP contribution in [0.25, 0.3) is 0 Å². The molecule has 0 saturated heterocycles. The summed E-state index contributed by atoms with van der Waals surface area (Å²) in [7, 11) is -2.95. The van der Waals surface area contributed by atoms with Crippen LogP contribution >= 0.6 is 7.82 Å². The first-order valence-electron chi connectivity index (χ1n) is 11.5. The highest BCUT2D eigenvalue weighted by Gasteiger charge is 2.04. The molecule has 0 aromatic rings. The van der Waals surface area contributed by atoms with E-state index in [4.69, 9.17) is 0 Å². The molecule has 0 aromatic heterocycles. The lowest BCUT2D eigenvalue weighted by molar-refractivity contribution is -0.223. The van der Waals surface area contributed by atoms with Crippen LogP contribution in [0, 0.1) is 0 Å². The minimum absolute atomic E-state index is 0.183. The van der Waals surface area contributed by atoms with Gasteiger partial charge >= 0.3 is 0 Å². The van der Waals surface area contributed by atoms with Gasteiger partial charge in [0.2, 0.25) is 0 Å². The predicted octanol–water partition coefficient (Wildman–Crippen LogP) is 2.01. The highest BCUT2D eigenvalue weighted by Crippen LogP contribution is 2.36.